The standard InChI is InChI=1S/C22H26O5/c1-14(2)12-26-20-9-8-17(11-21(20)25-5)22(24)27-13-19(23)18-10-15(3)6-7-16(18)4/h6-11,14H,12-13H2,1-5H3. The van der Waals surface area contributed by atoms with Crippen molar-refractivity contribution in [3.63, 3.8) is 0 Å². The van der Waals surface area contributed by atoms with Gasteiger partial charge in [0.25, 0.3) is 0 Å². The quantitative estimate of drug-likeness (QED) is 0.509. The Morgan fingerprint density at radius 3 is 2.41 bits per heavy atom. The predicted molar refractivity (Wildman–Crippen MR) is 104 cm³/mol. The van der Waals surface area contributed by atoms with Crippen LogP contribution in [0.5, 0.6) is 11.5 Å². The number of methoxy groups -OCH3 is 1. The Bertz CT molecular complexity index is 823. The maximum atomic E-state index is 12.4. The molecule has 27 heavy (non-hydrogen) atoms. The van der Waals surface area contributed by atoms with Gasteiger partial charge in [0.2, 0.25) is 5.78 Å². The van der Waals surface area contributed by atoms with Crippen LogP contribution in [0, 0.1) is 19.8 Å². The molecule has 0 atom stereocenters. The van der Waals surface area contributed by atoms with E-state index in [4.69, 9.17) is 14.2 Å². The summed E-state index contributed by atoms with van der Waals surface area (Å²) in [6, 6.07) is 10.4. The number of benzene rings is 2. The molecule has 0 aliphatic heterocycles. The van der Waals surface area contributed by atoms with E-state index in [2.05, 4.69) is 0 Å². The van der Waals surface area contributed by atoms with Gasteiger partial charge in [-0.15, -0.1) is 0 Å². The molecule has 0 unspecified atom stereocenters. The van der Waals surface area contributed by atoms with Crippen molar-refractivity contribution in [2.75, 3.05) is 20.3 Å². The Balaban J connectivity index is 2.05. The van der Waals surface area contributed by atoms with E-state index < -0.39 is 5.97 Å². The van der Waals surface area contributed by atoms with Crippen LogP contribution in [0.1, 0.15) is 45.7 Å². The van der Waals surface area contributed by atoms with Gasteiger partial charge in [-0.3, -0.25) is 4.79 Å². The molecule has 0 aliphatic carbocycles. The van der Waals surface area contributed by atoms with Gasteiger partial charge in [0.1, 0.15) is 0 Å². The van der Waals surface area contributed by atoms with Crippen LogP contribution in [0.15, 0.2) is 36.4 Å². The number of rotatable bonds is 8. The van der Waals surface area contributed by atoms with Gasteiger partial charge in [-0.2, -0.15) is 0 Å². The largest absolute Gasteiger partial charge is 0.493 e. The Hall–Kier alpha value is -2.82. The number of ketones is 1. The van der Waals surface area contributed by atoms with Crippen molar-refractivity contribution in [1.82, 2.24) is 0 Å². The maximum Gasteiger partial charge on any atom is 0.338 e. The Morgan fingerprint density at radius 2 is 1.74 bits per heavy atom. The van der Waals surface area contributed by atoms with Gasteiger partial charge in [0, 0.05) is 5.56 Å². The average molecular weight is 370 g/mol. The molecule has 5 heteroatoms. The zero-order valence-electron chi connectivity index (χ0n) is 16.5. The summed E-state index contributed by atoms with van der Waals surface area (Å²) in [5.41, 5.74) is 2.71. The summed E-state index contributed by atoms with van der Waals surface area (Å²) in [6.07, 6.45) is 0. The first kappa shape index (κ1) is 20.5. The number of ether oxygens (including phenoxy) is 3. The smallest absolute Gasteiger partial charge is 0.338 e. The van der Waals surface area contributed by atoms with Crippen LogP contribution in [0.2, 0.25) is 0 Å². The summed E-state index contributed by atoms with van der Waals surface area (Å²) in [7, 11) is 1.51. The molecule has 0 spiro atoms. The zero-order valence-corrected chi connectivity index (χ0v) is 16.5. The van der Waals surface area contributed by atoms with E-state index in [0.29, 0.717) is 35.2 Å². The highest BCUT2D eigenvalue weighted by Gasteiger charge is 2.16. The highest BCUT2D eigenvalue weighted by Crippen LogP contribution is 2.28. The summed E-state index contributed by atoms with van der Waals surface area (Å²) in [5, 5.41) is 0. The maximum absolute atomic E-state index is 12.4. The molecule has 144 valence electrons. The van der Waals surface area contributed by atoms with Crippen LogP contribution in [0.25, 0.3) is 0 Å². The molecule has 0 saturated heterocycles. The number of aryl methyl sites for hydroxylation is 2. The van der Waals surface area contributed by atoms with Gasteiger partial charge in [-0.1, -0.05) is 31.5 Å². The third-order valence-corrected chi connectivity index (χ3v) is 4.00. The SMILES string of the molecule is COc1cc(C(=O)OCC(=O)c2cc(C)ccc2C)ccc1OCC(C)C. The molecule has 0 aliphatic rings. The van der Waals surface area contributed by atoms with E-state index in [1.54, 1.807) is 24.3 Å². The fraction of sp³-hybridized carbons (Fsp3) is 0.364. The normalized spacial score (nSPS) is 10.6. The van der Waals surface area contributed by atoms with Gasteiger partial charge in [0.05, 0.1) is 19.3 Å². The minimum absolute atomic E-state index is 0.228. The van der Waals surface area contributed by atoms with Crippen LogP contribution >= 0.6 is 0 Å². The number of carbonyl (C=O) groups excluding carboxylic acids is 2. The second-order valence-electron chi connectivity index (χ2n) is 6.89. The Labute approximate surface area is 160 Å². The molecule has 0 heterocycles. The van der Waals surface area contributed by atoms with E-state index in [1.165, 1.54) is 7.11 Å². The van der Waals surface area contributed by atoms with Crippen LogP contribution < -0.4 is 9.47 Å². The second-order valence-corrected chi connectivity index (χ2v) is 6.89. The van der Waals surface area contributed by atoms with E-state index in [9.17, 15) is 9.59 Å². The molecule has 2 aromatic rings. The third kappa shape index (κ3) is 5.58. The van der Waals surface area contributed by atoms with Crippen molar-refractivity contribution in [1.29, 1.82) is 0 Å². The molecule has 0 aromatic heterocycles. The Kier molecular flexibility index (Phi) is 6.99. The highest BCUT2D eigenvalue weighted by atomic mass is 16.5. The second kappa shape index (κ2) is 9.21. The summed E-state index contributed by atoms with van der Waals surface area (Å²) < 4.78 is 16.2. The molecule has 0 fully saturated rings. The van der Waals surface area contributed by atoms with Crippen molar-refractivity contribution >= 4 is 11.8 Å². The number of hydrogen-bond acceptors (Lipinski definition) is 5. The molecule has 0 saturated carbocycles. The van der Waals surface area contributed by atoms with E-state index in [0.717, 1.165) is 11.1 Å². The first-order valence-corrected chi connectivity index (χ1v) is 8.90. The van der Waals surface area contributed by atoms with Gasteiger partial charge in [-0.25, -0.2) is 4.79 Å². The van der Waals surface area contributed by atoms with Crippen LogP contribution in [0.4, 0.5) is 0 Å². The summed E-state index contributed by atoms with van der Waals surface area (Å²) >= 11 is 0. The minimum Gasteiger partial charge on any atom is -0.493 e. The van der Waals surface area contributed by atoms with E-state index in [-0.39, 0.29) is 12.4 Å². The van der Waals surface area contributed by atoms with Crippen LogP contribution in [-0.2, 0) is 4.74 Å². The summed E-state index contributed by atoms with van der Waals surface area (Å²) in [5.74, 6) is 0.575. The van der Waals surface area contributed by atoms with Crippen molar-refractivity contribution in [2.45, 2.75) is 27.7 Å². The van der Waals surface area contributed by atoms with Gasteiger partial charge < -0.3 is 14.2 Å². The lowest BCUT2D eigenvalue weighted by molar-refractivity contribution is 0.0474. The van der Waals surface area contributed by atoms with Crippen molar-refractivity contribution in [2.24, 2.45) is 5.92 Å². The van der Waals surface area contributed by atoms with Gasteiger partial charge in [0.15, 0.2) is 18.1 Å². The number of esters is 1. The van der Waals surface area contributed by atoms with E-state index >= 15 is 0 Å². The zero-order chi connectivity index (χ0) is 20.0. The van der Waals surface area contributed by atoms with E-state index in [1.807, 2.05) is 39.8 Å². The number of hydrogen-bond donors (Lipinski definition) is 0. The van der Waals surface area contributed by atoms with Crippen LogP contribution in [0.3, 0.4) is 0 Å². The fourth-order valence-electron chi connectivity index (χ4n) is 2.50. The first-order valence-electron chi connectivity index (χ1n) is 8.90. The highest BCUT2D eigenvalue weighted by molar-refractivity contribution is 6.00. The molecule has 0 amide bonds. The third-order valence-electron chi connectivity index (χ3n) is 4.00. The molecule has 2 rings (SSSR count). The minimum atomic E-state index is -0.581. The summed E-state index contributed by atoms with van der Waals surface area (Å²) in [4.78, 5) is 24.7. The lowest BCUT2D eigenvalue weighted by Crippen LogP contribution is -2.15. The lowest BCUT2D eigenvalue weighted by atomic mass is 10.0. The van der Waals surface area contributed by atoms with Gasteiger partial charge in [-0.05, 0) is 49.6 Å². The number of carbonyl (C=O) groups is 2. The molecular formula is C22H26O5. The molecule has 0 radical (unpaired) electrons. The number of Topliss-reactive ketones (excluding diaryl/α,β-unsaturated/α-hetero) is 1. The van der Waals surface area contributed by atoms with Gasteiger partial charge >= 0.3 is 5.97 Å². The Morgan fingerprint density at radius 1 is 1.00 bits per heavy atom. The molecular weight excluding hydrogens is 344 g/mol. The van der Waals surface area contributed by atoms with Crippen LogP contribution in [-0.4, -0.2) is 32.1 Å². The topological polar surface area (TPSA) is 61.8 Å². The average Bonchev–Trinajstić information content (AvgIpc) is 2.65. The molecule has 0 bridgehead atoms. The fourth-order valence-corrected chi connectivity index (χ4v) is 2.50. The predicted octanol–water partition coefficient (Wildman–Crippen LogP) is 4.39. The lowest BCUT2D eigenvalue weighted by Gasteiger charge is -2.13. The molecule has 2 aromatic carbocycles. The summed E-state index contributed by atoms with van der Waals surface area (Å²) in [6.45, 7) is 8.10. The molecule has 0 N–H and O–H groups in total. The molecule has 5 nitrogen and oxygen atoms in total. The van der Waals surface area contributed by atoms with Crippen molar-refractivity contribution in [3.05, 3.63) is 58.7 Å². The van der Waals surface area contributed by atoms with Crippen molar-refractivity contribution in [3.8, 4) is 11.5 Å². The monoisotopic (exact) mass is 370 g/mol. The van der Waals surface area contributed by atoms with Crippen molar-refractivity contribution < 1.29 is 23.8 Å². The first-order chi connectivity index (χ1) is 12.8.